The highest BCUT2D eigenvalue weighted by molar-refractivity contribution is 7.99. The van der Waals surface area contributed by atoms with Gasteiger partial charge in [-0.1, -0.05) is 0 Å². The Labute approximate surface area is 143 Å². The molecule has 1 N–H and O–H groups in total. The Bertz CT molecular complexity index is 807. The Kier molecular flexibility index (Phi) is 4.78. The van der Waals surface area contributed by atoms with E-state index in [0.29, 0.717) is 21.5 Å². The fraction of sp³-hybridized carbons (Fsp3) is 0.400. The van der Waals surface area contributed by atoms with Crippen LogP contribution in [-0.4, -0.2) is 32.8 Å². The SMILES string of the molecule is Cn1c(Sc2cc(C#N)ccc2[N+](=O)[O-])nnc1[C@@H]1CCCNC1. The maximum atomic E-state index is 11.2. The van der Waals surface area contributed by atoms with Gasteiger partial charge in [0.05, 0.1) is 21.5 Å². The molecule has 1 aliphatic heterocycles. The Morgan fingerprint density at radius 3 is 3.00 bits per heavy atom. The summed E-state index contributed by atoms with van der Waals surface area (Å²) in [6.07, 6.45) is 2.14. The molecule has 0 aliphatic carbocycles. The van der Waals surface area contributed by atoms with Crippen LogP contribution in [0.2, 0.25) is 0 Å². The van der Waals surface area contributed by atoms with Gasteiger partial charge in [0.1, 0.15) is 5.82 Å². The molecule has 0 radical (unpaired) electrons. The van der Waals surface area contributed by atoms with Crippen molar-refractivity contribution < 1.29 is 4.92 Å². The molecule has 0 spiro atoms. The van der Waals surface area contributed by atoms with E-state index in [1.54, 1.807) is 0 Å². The third-order valence-electron chi connectivity index (χ3n) is 4.02. The molecule has 2 heterocycles. The van der Waals surface area contributed by atoms with Gasteiger partial charge in [0.2, 0.25) is 0 Å². The highest BCUT2D eigenvalue weighted by Gasteiger charge is 2.23. The van der Waals surface area contributed by atoms with E-state index in [0.717, 1.165) is 43.5 Å². The van der Waals surface area contributed by atoms with E-state index in [2.05, 4.69) is 15.5 Å². The van der Waals surface area contributed by atoms with Crippen molar-refractivity contribution in [2.24, 2.45) is 7.05 Å². The van der Waals surface area contributed by atoms with Gasteiger partial charge in [-0.25, -0.2) is 0 Å². The number of rotatable bonds is 4. The summed E-state index contributed by atoms with van der Waals surface area (Å²) in [5.74, 6) is 1.18. The van der Waals surface area contributed by atoms with Crippen LogP contribution >= 0.6 is 11.8 Å². The van der Waals surface area contributed by atoms with Gasteiger partial charge in [-0.3, -0.25) is 10.1 Å². The number of hydrogen-bond donors (Lipinski definition) is 1. The van der Waals surface area contributed by atoms with E-state index in [1.165, 1.54) is 18.2 Å². The van der Waals surface area contributed by atoms with E-state index in [9.17, 15) is 10.1 Å². The number of nitriles is 1. The molecule has 1 fully saturated rings. The van der Waals surface area contributed by atoms with Gasteiger partial charge >= 0.3 is 0 Å². The molecule has 0 amide bonds. The minimum Gasteiger partial charge on any atom is -0.316 e. The quantitative estimate of drug-likeness (QED) is 0.669. The van der Waals surface area contributed by atoms with Gasteiger partial charge in [-0.2, -0.15) is 5.26 Å². The van der Waals surface area contributed by atoms with Gasteiger partial charge < -0.3 is 9.88 Å². The number of aromatic nitrogens is 3. The number of nitrogens with zero attached hydrogens (tertiary/aromatic N) is 5. The average Bonchev–Trinajstić information content (AvgIpc) is 2.96. The molecule has 1 atom stereocenters. The summed E-state index contributed by atoms with van der Waals surface area (Å²) in [4.78, 5) is 11.1. The van der Waals surface area contributed by atoms with Crippen LogP contribution in [0.3, 0.4) is 0 Å². The molecule has 1 aromatic carbocycles. The van der Waals surface area contributed by atoms with E-state index in [-0.39, 0.29) is 5.69 Å². The van der Waals surface area contributed by atoms with Crippen molar-refractivity contribution in [3.05, 3.63) is 39.7 Å². The van der Waals surface area contributed by atoms with Crippen LogP contribution in [0.4, 0.5) is 5.69 Å². The zero-order chi connectivity index (χ0) is 17.1. The highest BCUT2D eigenvalue weighted by atomic mass is 32.2. The smallest absolute Gasteiger partial charge is 0.283 e. The molecular weight excluding hydrogens is 328 g/mol. The van der Waals surface area contributed by atoms with Crippen molar-refractivity contribution in [1.82, 2.24) is 20.1 Å². The largest absolute Gasteiger partial charge is 0.316 e. The Morgan fingerprint density at radius 1 is 1.50 bits per heavy atom. The van der Waals surface area contributed by atoms with Crippen LogP contribution in [0.25, 0.3) is 0 Å². The molecule has 2 aromatic rings. The van der Waals surface area contributed by atoms with Crippen LogP contribution in [-0.2, 0) is 7.05 Å². The maximum Gasteiger partial charge on any atom is 0.283 e. The number of benzene rings is 1. The lowest BCUT2D eigenvalue weighted by Crippen LogP contribution is -2.29. The van der Waals surface area contributed by atoms with Gasteiger partial charge in [0.15, 0.2) is 5.16 Å². The lowest BCUT2D eigenvalue weighted by molar-refractivity contribution is -0.387. The second-order valence-electron chi connectivity index (χ2n) is 5.60. The lowest BCUT2D eigenvalue weighted by atomic mass is 9.99. The number of nitrogens with one attached hydrogen (secondary N) is 1. The molecule has 3 rings (SSSR count). The van der Waals surface area contributed by atoms with Crippen molar-refractivity contribution in [2.45, 2.75) is 28.8 Å². The Morgan fingerprint density at radius 2 is 2.33 bits per heavy atom. The molecule has 9 heteroatoms. The molecule has 1 saturated heterocycles. The molecule has 1 aromatic heterocycles. The van der Waals surface area contributed by atoms with E-state index < -0.39 is 4.92 Å². The average molecular weight is 344 g/mol. The normalized spacial score (nSPS) is 17.4. The van der Waals surface area contributed by atoms with Crippen molar-refractivity contribution in [1.29, 1.82) is 5.26 Å². The van der Waals surface area contributed by atoms with Crippen LogP contribution in [0, 0.1) is 21.4 Å². The van der Waals surface area contributed by atoms with Crippen molar-refractivity contribution in [3.63, 3.8) is 0 Å². The number of nitro benzene ring substituents is 1. The first kappa shape index (κ1) is 16.4. The minimum atomic E-state index is -0.453. The predicted octanol–water partition coefficient (Wildman–Crippen LogP) is 2.21. The lowest BCUT2D eigenvalue weighted by Gasteiger charge is -2.21. The molecule has 0 unspecified atom stereocenters. The summed E-state index contributed by atoms with van der Waals surface area (Å²) in [7, 11) is 1.87. The summed E-state index contributed by atoms with van der Waals surface area (Å²) < 4.78 is 1.88. The topological polar surface area (TPSA) is 110 Å². The van der Waals surface area contributed by atoms with E-state index in [1.807, 2.05) is 17.7 Å². The number of hydrogen-bond acceptors (Lipinski definition) is 7. The van der Waals surface area contributed by atoms with Gasteiger partial charge in [-0.05, 0) is 43.3 Å². The third-order valence-corrected chi connectivity index (χ3v) is 5.10. The van der Waals surface area contributed by atoms with Crippen LogP contribution < -0.4 is 5.32 Å². The van der Waals surface area contributed by atoms with Crippen LogP contribution in [0.15, 0.2) is 28.3 Å². The fourth-order valence-corrected chi connectivity index (χ4v) is 3.70. The molecule has 8 nitrogen and oxygen atoms in total. The van der Waals surface area contributed by atoms with Crippen LogP contribution in [0.1, 0.15) is 30.1 Å². The summed E-state index contributed by atoms with van der Waals surface area (Å²) in [6, 6.07) is 6.31. The summed E-state index contributed by atoms with van der Waals surface area (Å²) in [6.45, 7) is 1.88. The third kappa shape index (κ3) is 3.25. The zero-order valence-electron chi connectivity index (χ0n) is 13.1. The minimum absolute atomic E-state index is 0.0390. The molecular formula is C15H16N6O2S. The zero-order valence-corrected chi connectivity index (χ0v) is 13.9. The Balaban J connectivity index is 1.90. The van der Waals surface area contributed by atoms with Crippen molar-refractivity contribution in [3.8, 4) is 6.07 Å². The standard InChI is InChI=1S/C15H16N6O2S/c1-20-14(11-3-2-6-17-9-11)18-19-15(20)24-13-7-10(8-16)4-5-12(13)21(22)23/h4-5,7,11,17H,2-3,6,9H2,1H3/t11-/m1/s1. The summed E-state index contributed by atoms with van der Waals surface area (Å²) >= 11 is 1.16. The molecule has 0 bridgehead atoms. The maximum absolute atomic E-state index is 11.2. The Hall–Kier alpha value is -2.44. The van der Waals surface area contributed by atoms with Crippen LogP contribution in [0.5, 0.6) is 0 Å². The van der Waals surface area contributed by atoms with Crippen molar-refractivity contribution in [2.75, 3.05) is 13.1 Å². The first-order chi connectivity index (χ1) is 11.6. The van der Waals surface area contributed by atoms with E-state index >= 15 is 0 Å². The van der Waals surface area contributed by atoms with Gasteiger partial charge in [0.25, 0.3) is 5.69 Å². The highest BCUT2D eigenvalue weighted by Crippen LogP contribution is 2.35. The monoisotopic (exact) mass is 344 g/mol. The number of piperidine rings is 1. The molecule has 24 heavy (non-hydrogen) atoms. The second kappa shape index (κ2) is 6.98. The second-order valence-corrected chi connectivity index (χ2v) is 6.61. The van der Waals surface area contributed by atoms with Gasteiger partial charge in [0, 0.05) is 25.6 Å². The van der Waals surface area contributed by atoms with Gasteiger partial charge in [-0.15, -0.1) is 10.2 Å². The molecule has 1 aliphatic rings. The first-order valence-electron chi connectivity index (χ1n) is 7.56. The fourth-order valence-electron chi connectivity index (χ4n) is 2.76. The predicted molar refractivity (Wildman–Crippen MR) is 87.8 cm³/mol. The first-order valence-corrected chi connectivity index (χ1v) is 8.38. The summed E-state index contributed by atoms with van der Waals surface area (Å²) in [5.41, 5.74) is 0.338. The van der Waals surface area contributed by atoms with Crippen molar-refractivity contribution >= 4 is 17.4 Å². The molecule has 0 saturated carbocycles. The van der Waals surface area contributed by atoms with E-state index in [4.69, 9.17) is 5.26 Å². The number of nitro groups is 1. The molecule has 124 valence electrons. The summed E-state index contributed by atoms with van der Waals surface area (Å²) in [5, 5.41) is 32.6.